The van der Waals surface area contributed by atoms with Crippen LogP contribution in [0.25, 0.3) is 0 Å². The molecule has 22 heavy (non-hydrogen) atoms. The molecule has 0 spiro atoms. The van der Waals surface area contributed by atoms with Crippen LogP contribution in [0.5, 0.6) is 11.5 Å². The molecule has 0 unspecified atom stereocenters. The highest BCUT2D eigenvalue weighted by atomic mass is 16.5. The Morgan fingerprint density at radius 3 is 2.32 bits per heavy atom. The lowest BCUT2D eigenvalue weighted by Gasteiger charge is -2.10. The minimum Gasteiger partial charge on any atom is -0.508 e. The first-order valence-corrected chi connectivity index (χ1v) is 7.17. The van der Waals surface area contributed by atoms with Crippen molar-refractivity contribution in [2.45, 2.75) is 33.3 Å². The summed E-state index contributed by atoms with van der Waals surface area (Å²) in [6.07, 6.45) is 0. The molecule has 0 aliphatic heterocycles. The maximum atomic E-state index is 12.1. The van der Waals surface area contributed by atoms with E-state index in [0.29, 0.717) is 11.5 Å². The average Bonchev–Trinajstić information content (AvgIpc) is 2.44. The Morgan fingerprint density at radius 2 is 1.77 bits per heavy atom. The monoisotopic (exact) mass is 300 g/mol. The van der Waals surface area contributed by atoms with Gasteiger partial charge in [-0.15, -0.1) is 0 Å². The van der Waals surface area contributed by atoms with Gasteiger partial charge in [0.15, 0.2) is 0 Å². The van der Waals surface area contributed by atoms with E-state index in [9.17, 15) is 15.0 Å². The molecule has 0 saturated carbocycles. The Bertz CT molecular complexity index is 649. The van der Waals surface area contributed by atoms with Crippen LogP contribution in [-0.4, -0.2) is 16.2 Å². The molecule has 0 bridgehead atoms. The van der Waals surface area contributed by atoms with Gasteiger partial charge in [0.25, 0.3) is 0 Å². The number of ether oxygens (including phenoxy) is 1. The maximum absolute atomic E-state index is 12.1. The van der Waals surface area contributed by atoms with Crippen molar-refractivity contribution in [1.29, 1.82) is 0 Å². The highest BCUT2D eigenvalue weighted by Crippen LogP contribution is 2.27. The molecule has 0 atom stereocenters. The van der Waals surface area contributed by atoms with Gasteiger partial charge in [-0.25, -0.2) is 4.79 Å². The van der Waals surface area contributed by atoms with Crippen molar-refractivity contribution >= 4 is 5.97 Å². The minimum atomic E-state index is -0.608. The predicted octanol–water partition coefficient (Wildman–Crippen LogP) is 3.89. The summed E-state index contributed by atoms with van der Waals surface area (Å²) >= 11 is 0. The van der Waals surface area contributed by atoms with Gasteiger partial charge in [-0.3, -0.25) is 0 Å². The zero-order valence-electron chi connectivity index (χ0n) is 13.0. The number of carbonyl (C=O) groups excluding carboxylic acids is 1. The van der Waals surface area contributed by atoms with Crippen molar-refractivity contribution in [3.63, 3.8) is 0 Å². The van der Waals surface area contributed by atoms with Crippen molar-refractivity contribution in [2.75, 3.05) is 0 Å². The first kappa shape index (κ1) is 15.9. The fraction of sp³-hybridized carbons (Fsp3) is 0.278. The van der Waals surface area contributed by atoms with Gasteiger partial charge in [0, 0.05) is 6.07 Å². The molecule has 0 radical (unpaired) electrons. The molecule has 2 aromatic rings. The highest BCUT2D eigenvalue weighted by molar-refractivity contribution is 5.94. The van der Waals surface area contributed by atoms with Crippen molar-refractivity contribution in [2.24, 2.45) is 0 Å². The molecule has 116 valence electrons. The number of hydrogen-bond acceptors (Lipinski definition) is 4. The Hall–Kier alpha value is -2.49. The molecule has 0 fully saturated rings. The second kappa shape index (κ2) is 6.52. The van der Waals surface area contributed by atoms with Gasteiger partial charge in [-0.05, 0) is 35.6 Å². The van der Waals surface area contributed by atoms with Crippen molar-refractivity contribution in [1.82, 2.24) is 0 Å². The summed E-state index contributed by atoms with van der Waals surface area (Å²) in [5, 5.41) is 19.1. The summed E-state index contributed by atoms with van der Waals surface area (Å²) in [5.74, 6) is -0.524. The highest BCUT2D eigenvalue weighted by Gasteiger charge is 2.17. The molecular formula is C18H20O4. The molecule has 2 rings (SSSR count). The second-order valence-electron chi connectivity index (χ2n) is 5.63. The number of phenols is 2. The number of carbonyl (C=O) groups is 1. The molecule has 4 heteroatoms. The van der Waals surface area contributed by atoms with Gasteiger partial charge in [0.1, 0.15) is 23.7 Å². The Labute approximate surface area is 130 Å². The Kier molecular flexibility index (Phi) is 4.71. The van der Waals surface area contributed by atoms with E-state index < -0.39 is 5.97 Å². The molecular weight excluding hydrogens is 280 g/mol. The fourth-order valence-corrected chi connectivity index (χ4v) is 2.24. The standard InChI is InChI=1S/C18H20O4/c1-11(2)14-6-4-13(5-7-14)10-22-18(21)17-12(3)8-15(19)9-16(17)20/h4-9,11,19-20H,10H2,1-3H3. The van der Waals surface area contributed by atoms with Gasteiger partial charge in [0.05, 0.1) is 0 Å². The van der Waals surface area contributed by atoms with Crippen molar-refractivity contribution in [3.8, 4) is 11.5 Å². The number of benzene rings is 2. The molecule has 2 aromatic carbocycles. The smallest absolute Gasteiger partial charge is 0.342 e. The molecule has 2 N–H and O–H groups in total. The van der Waals surface area contributed by atoms with E-state index in [0.717, 1.165) is 11.6 Å². The van der Waals surface area contributed by atoms with E-state index in [1.165, 1.54) is 11.6 Å². The van der Waals surface area contributed by atoms with Gasteiger partial charge >= 0.3 is 5.97 Å². The minimum absolute atomic E-state index is 0.0802. The number of phenolic OH excluding ortho intramolecular Hbond substituents is 2. The normalized spacial score (nSPS) is 10.7. The van der Waals surface area contributed by atoms with Gasteiger partial charge in [0.2, 0.25) is 0 Å². The van der Waals surface area contributed by atoms with Gasteiger partial charge < -0.3 is 14.9 Å². The van der Waals surface area contributed by atoms with E-state index in [-0.39, 0.29) is 23.7 Å². The van der Waals surface area contributed by atoms with Gasteiger partial charge in [-0.2, -0.15) is 0 Å². The number of rotatable bonds is 4. The SMILES string of the molecule is Cc1cc(O)cc(O)c1C(=O)OCc1ccc(C(C)C)cc1. The lowest BCUT2D eigenvalue weighted by atomic mass is 10.0. The van der Waals surface area contributed by atoms with E-state index >= 15 is 0 Å². The van der Waals surface area contributed by atoms with E-state index in [1.54, 1.807) is 6.92 Å². The number of aryl methyl sites for hydroxylation is 1. The third kappa shape index (κ3) is 3.58. The third-order valence-electron chi connectivity index (χ3n) is 3.52. The summed E-state index contributed by atoms with van der Waals surface area (Å²) in [6.45, 7) is 6.00. The molecule has 0 saturated heterocycles. The maximum Gasteiger partial charge on any atom is 0.342 e. The van der Waals surface area contributed by atoms with Crippen LogP contribution in [0.3, 0.4) is 0 Å². The van der Waals surface area contributed by atoms with Crippen LogP contribution in [0.2, 0.25) is 0 Å². The first-order valence-electron chi connectivity index (χ1n) is 7.17. The first-order chi connectivity index (χ1) is 10.4. The van der Waals surface area contributed by atoms with E-state index in [1.807, 2.05) is 24.3 Å². The number of aromatic hydroxyl groups is 2. The van der Waals surface area contributed by atoms with Crippen molar-refractivity contribution < 1.29 is 19.7 Å². The summed E-state index contributed by atoms with van der Waals surface area (Å²) in [5.41, 5.74) is 2.66. The number of esters is 1. The van der Waals surface area contributed by atoms with Crippen LogP contribution in [0.15, 0.2) is 36.4 Å². The van der Waals surface area contributed by atoms with Crippen molar-refractivity contribution in [3.05, 3.63) is 58.7 Å². The lowest BCUT2D eigenvalue weighted by molar-refractivity contribution is 0.0468. The van der Waals surface area contributed by atoms with Crippen LogP contribution in [-0.2, 0) is 11.3 Å². The summed E-state index contributed by atoms with van der Waals surface area (Å²) < 4.78 is 5.24. The Morgan fingerprint density at radius 1 is 1.14 bits per heavy atom. The third-order valence-corrected chi connectivity index (χ3v) is 3.52. The number of hydrogen-bond donors (Lipinski definition) is 2. The van der Waals surface area contributed by atoms with E-state index in [4.69, 9.17) is 4.74 Å². The molecule has 0 aliphatic carbocycles. The van der Waals surface area contributed by atoms with Crippen LogP contribution in [0.1, 0.15) is 46.8 Å². The summed E-state index contributed by atoms with van der Waals surface area (Å²) in [4.78, 5) is 12.1. The second-order valence-corrected chi connectivity index (χ2v) is 5.63. The van der Waals surface area contributed by atoms with Crippen LogP contribution in [0.4, 0.5) is 0 Å². The predicted molar refractivity (Wildman–Crippen MR) is 84.2 cm³/mol. The van der Waals surface area contributed by atoms with Crippen LogP contribution in [0, 0.1) is 6.92 Å². The molecule has 4 nitrogen and oxygen atoms in total. The average molecular weight is 300 g/mol. The molecule has 0 aromatic heterocycles. The van der Waals surface area contributed by atoms with E-state index in [2.05, 4.69) is 13.8 Å². The summed E-state index contributed by atoms with van der Waals surface area (Å²) in [6, 6.07) is 10.4. The largest absolute Gasteiger partial charge is 0.508 e. The van der Waals surface area contributed by atoms with Gasteiger partial charge in [-0.1, -0.05) is 38.1 Å². The molecule has 0 aliphatic rings. The topological polar surface area (TPSA) is 66.8 Å². The zero-order chi connectivity index (χ0) is 16.3. The zero-order valence-corrected chi connectivity index (χ0v) is 13.0. The quantitative estimate of drug-likeness (QED) is 0.841. The van der Waals surface area contributed by atoms with Crippen LogP contribution < -0.4 is 0 Å². The Balaban J connectivity index is 2.07. The fourth-order valence-electron chi connectivity index (χ4n) is 2.24. The lowest BCUT2D eigenvalue weighted by Crippen LogP contribution is -2.07. The molecule has 0 heterocycles. The van der Waals surface area contributed by atoms with Crippen LogP contribution >= 0.6 is 0 Å². The molecule has 0 amide bonds. The summed E-state index contributed by atoms with van der Waals surface area (Å²) in [7, 11) is 0.